The zero-order chi connectivity index (χ0) is 12.4. The molecule has 5 nitrogen and oxygen atoms in total. The molecule has 0 unspecified atom stereocenters. The van der Waals surface area contributed by atoms with Crippen LogP contribution in [0.5, 0.6) is 0 Å². The topological polar surface area (TPSA) is 55.6 Å². The van der Waals surface area contributed by atoms with Gasteiger partial charge in [0.25, 0.3) is 0 Å². The van der Waals surface area contributed by atoms with Crippen LogP contribution in [0, 0.1) is 0 Å². The van der Waals surface area contributed by atoms with Gasteiger partial charge in [0.15, 0.2) is 0 Å². The van der Waals surface area contributed by atoms with Gasteiger partial charge in [-0.2, -0.15) is 0 Å². The summed E-state index contributed by atoms with van der Waals surface area (Å²) in [5, 5.41) is 3.25. The molecule has 0 aliphatic carbocycles. The zero-order valence-corrected chi connectivity index (χ0v) is 10.0. The number of aromatic nitrogens is 4. The highest BCUT2D eigenvalue weighted by Crippen LogP contribution is 2.17. The maximum atomic E-state index is 4.52. The molecule has 90 valence electrons. The number of nitrogens with zero attached hydrogens (tertiary/aromatic N) is 4. The van der Waals surface area contributed by atoms with Crippen LogP contribution in [0.2, 0.25) is 0 Å². The quantitative estimate of drug-likeness (QED) is 0.759. The van der Waals surface area contributed by atoms with E-state index in [1.165, 1.54) is 0 Å². The molecule has 3 rings (SSSR count). The van der Waals surface area contributed by atoms with Crippen LogP contribution in [0.3, 0.4) is 0 Å². The first-order valence-corrected chi connectivity index (χ1v) is 5.76. The molecule has 2 heterocycles. The van der Waals surface area contributed by atoms with Crippen molar-refractivity contribution in [2.45, 2.75) is 6.54 Å². The number of nitrogens with one attached hydrogen (secondary N) is 1. The van der Waals surface area contributed by atoms with Crippen LogP contribution in [0.1, 0.15) is 5.82 Å². The Kier molecular flexibility index (Phi) is 2.64. The van der Waals surface area contributed by atoms with Gasteiger partial charge in [-0.25, -0.2) is 15.0 Å². The Hall–Kier alpha value is -2.43. The third-order valence-corrected chi connectivity index (χ3v) is 2.81. The van der Waals surface area contributed by atoms with Crippen LogP contribution >= 0.6 is 0 Å². The molecule has 0 saturated heterocycles. The van der Waals surface area contributed by atoms with Gasteiger partial charge in [0.1, 0.15) is 5.82 Å². The van der Waals surface area contributed by atoms with E-state index in [2.05, 4.69) is 20.3 Å². The Morgan fingerprint density at radius 2 is 1.89 bits per heavy atom. The van der Waals surface area contributed by atoms with E-state index in [1.54, 1.807) is 18.5 Å². The monoisotopic (exact) mass is 239 g/mol. The molecule has 0 radical (unpaired) electrons. The van der Waals surface area contributed by atoms with E-state index in [-0.39, 0.29) is 0 Å². The highest BCUT2D eigenvalue weighted by molar-refractivity contribution is 5.78. The second-order valence-corrected chi connectivity index (χ2v) is 4.00. The number of benzene rings is 1. The highest BCUT2D eigenvalue weighted by Gasteiger charge is 2.06. The van der Waals surface area contributed by atoms with Gasteiger partial charge in [-0.3, -0.25) is 0 Å². The zero-order valence-electron chi connectivity index (χ0n) is 10.0. The van der Waals surface area contributed by atoms with Crippen molar-refractivity contribution in [1.29, 1.82) is 0 Å². The van der Waals surface area contributed by atoms with E-state index < -0.39 is 0 Å². The van der Waals surface area contributed by atoms with Crippen LogP contribution in [-0.2, 0) is 13.6 Å². The fourth-order valence-electron chi connectivity index (χ4n) is 1.88. The predicted molar refractivity (Wildman–Crippen MR) is 70.1 cm³/mol. The van der Waals surface area contributed by atoms with Gasteiger partial charge >= 0.3 is 0 Å². The Morgan fingerprint density at radius 1 is 1.11 bits per heavy atom. The summed E-state index contributed by atoms with van der Waals surface area (Å²) in [6.45, 7) is 0.567. The average molecular weight is 239 g/mol. The maximum Gasteiger partial charge on any atom is 0.203 e. The Bertz CT molecular complexity index is 659. The lowest BCUT2D eigenvalue weighted by atomic mass is 10.3. The van der Waals surface area contributed by atoms with E-state index in [0.29, 0.717) is 6.54 Å². The molecule has 0 saturated carbocycles. The number of anilines is 1. The van der Waals surface area contributed by atoms with Gasteiger partial charge in [-0.1, -0.05) is 12.1 Å². The molecule has 0 spiro atoms. The molecule has 0 aliphatic heterocycles. The number of hydrogen-bond donors (Lipinski definition) is 1. The molecule has 1 N–H and O–H groups in total. The third kappa shape index (κ3) is 1.90. The first kappa shape index (κ1) is 10.7. The largest absolute Gasteiger partial charge is 0.348 e. The third-order valence-electron chi connectivity index (χ3n) is 2.81. The lowest BCUT2D eigenvalue weighted by Crippen LogP contribution is -2.07. The van der Waals surface area contributed by atoms with Gasteiger partial charge in [-0.15, -0.1) is 0 Å². The van der Waals surface area contributed by atoms with Crippen molar-refractivity contribution in [2.75, 3.05) is 5.32 Å². The minimum Gasteiger partial charge on any atom is -0.348 e. The Labute approximate surface area is 105 Å². The summed E-state index contributed by atoms with van der Waals surface area (Å²) < 4.78 is 2.03. The van der Waals surface area contributed by atoms with Gasteiger partial charge in [-0.05, 0) is 18.2 Å². The normalized spacial score (nSPS) is 10.7. The molecule has 3 aromatic rings. The molecular formula is C13H13N5. The summed E-state index contributed by atoms with van der Waals surface area (Å²) in [5.41, 5.74) is 2.09. The van der Waals surface area contributed by atoms with Crippen molar-refractivity contribution in [3.63, 3.8) is 0 Å². The predicted octanol–water partition coefficient (Wildman–Crippen LogP) is 1.98. The van der Waals surface area contributed by atoms with E-state index in [4.69, 9.17) is 0 Å². The summed E-state index contributed by atoms with van der Waals surface area (Å²) in [4.78, 5) is 12.9. The minimum atomic E-state index is 0.567. The molecule has 1 aromatic carbocycles. The summed E-state index contributed by atoms with van der Waals surface area (Å²) in [6.07, 6.45) is 3.47. The first-order valence-electron chi connectivity index (χ1n) is 5.76. The van der Waals surface area contributed by atoms with Crippen molar-refractivity contribution in [1.82, 2.24) is 19.5 Å². The van der Waals surface area contributed by atoms with Crippen molar-refractivity contribution in [2.24, 2.45) is 7.05 Å². The number of rotatable bonds is 3. The minimum absolute atomic E-state index is 0.567. The second kappa shape index (κ2) is 4.44. The van der Waals surface area contributed by atoms with Crippen molar-refractivity contribution in [3.05, 3.63) is 48.5 Å². The molecule has 2 aromatic heterocycles. The van der Waals surface area contributed by atoms with Crippen LogP contribution < -0.4 is 5.32 Å². The Morgan fingerprint density at radius 3 is 2.67 bits per heavy atom. The lowest BCUT2D eigenvalue weighted by Gasteiger charge is -2.04. The SMILES string of the molecule is Cn1c(NCc2ncccn2)nc2ccccc21. The standard InChI is InChI=1S/C13H13N5/c1-18-11-6-3-2-5-10(11)17-13(18)16-9-12-14-7-4-8-15-12/h2-8H,9H2,1H3,(H,16,17). The number of imidazole rings is 1. The van der Waals surface area contributed by atoms with Crippen LogP contribution in [0.4, 0.5) is 5.95 Å². The summed E-state index contributed by atoms with van der Waals surface area (Å²) in [5.74, 6) is 1.58. The Balaban J connectivity index is 1.85. The van der Waals surface area contributed by atoms with Gasteiger partial charge < -0.3 is 9.88 Å². The fraction of sp³-hybridized carbons (Fsp3) is 0.154. The number of fused-ring (bicyclic) bond motifs is 1. The van der Waals surface area contributed by atoms with Gasteiger partial charge in [0.05, 0.1) is 17.6 Å². The van der Waals surface area contributed by atoms with Crippen molar-refractivity contribution in [3.8, 4) is 0 Å². The number of para-hydroxylation sites is 2. The van der Waals surface area contributed by atoms with Crippen LogP contribution in [-0.4, -0.2) is 19.5 Å². The lowest BCUT2D eigenvalue weighted by molar-refractivity contribution is 0.889. The molecule has 0 fully saturated rings. The van der Waals surface area contributed by atoms with E-state index in [1.807, 2.05) is 35.9 Å². The number of hydrogen-bond acceptors (Lipinski definition) is 4. The molecule has 5 heteroatoms. The molecular weight excluding hydrogens is 226 g/mol. The van der Waals surface area contributed by atoms with E-state index in [9.17, 15) is 0 Å². The first-order chi connectivity index (χ1) is 8.84. The maximum absolute atomic E-state index is 4.52. The smallest absolute Gasteiger partial charge is 0.203 e. The molecule has 0 atom stereocenters. The summed E-state index contributed by atoms with van der Waals surface area (Å²) in [6, 6.07) is 9.85. The summed E-state index contributed by atoms with van der Waals surface area (Å²) >= 11 is 0. The molecule has 0 aliphatic rings. The number of aryl methyl sites for hydroxylation is 1. The average Bonchev–Trinajstić information content (AvgIpc) is 2.75. The van der Waals surface area contributed by atoms with Crippen LogP contribution in [0.25, 0.3) is 11.0 Å². The van der Waals surface area contributed by atoms with Crippen molar-refractivity contribution < 1.29 is 0 Å². The van der Waals surface area contributed by atoms with Gasteiger partial charge in [0, 0.05) is 19.4 Å². The highest BCUT2D eigenvalue weighted by atomic mass is 15.2. The fourth-order valence-corrected chi connectivity index (χ4v) is 1.88. The van der Waals surface area contributed by atoms with E-state index in [0.717, 1.165) is 22.8 Å². The second-order valence-electron chi connectivity index (χ2n) is 4.00. The molecule has 0 bridgehead atoms. The van der Waals surface area contributed by atoms with Gasteiger partial charge in [0.2, 0.25) is 5.95 Å². The van der Waals surface area contributed by atoms with Crippen molar-refractivity contribution >= 4 is 17.0 Å². The van der Waals surface area contributed by atoms with E-state index >= 15 is 0 Å². The molecule has 18 heavy (non-hydrogen) atoms. The molecule has 0 amide bonds. The summed E-state index contributed by atoms with van der Waals surface area (Å²) in [7, 11) is 1.99. The van der Waals surface area contributed by atoms with Crippen LogP contribution in [0.15, 0.2) is 42.7 Å².